The van der Waals surface area contributed by atoms with E-state index in [-0.39, 0.29) is 5.54 Å². The Morgan fingerprint density at radius 2 is 1.25 bits per heavy atom. The fourth-order valence-corrected chi connectivity index (χ4v) is 1.91. The van der Waals surface area contributed by atoms with E-state index in [1.165, 1.54) is 51.4 Å². The predicted molar refractivity (Wildman–Crippen MR) is 71.7 cm³/mol. The van der Waals surface area contributed by atoms with Crippen LogP contribution in [0.4, 0.5) is 0 Å². The number of nitrogens with zero attached hydrogens (tertiary/aromatic N) is 1. The van der Waals surface area contributed by atoms with Crippen LogP contribution in [-0.4, -0.2) is 5.54 Å². The Bertz CT molecular complexity index is 166. The molecule has 0 atom stereocenters. The van der Waals surface area contributed by atoms with E-state index in [0.717, 1.165) is 12.8 Å². The Kier molecular flexibility index (Phi) is 9.55. The van der Waals surface area contributed by atoms with Crippen molar-refractivity contribution in [1.29, 1.82) is 0 Å². The van der Waals surface area contributed by atoms with E-state index >= 15 is 0 Å². The third-order valence-electron chi connectivity index (χ3n) is 3.14. The van der Waals surface area contributed by atoms with Gasteiger partial charge in [-0.2, -0.15) is 4.91 Å². The molecule has 0 aromatic carbocycles. The van der Waals surface area contributed by atoms with E-state index in [1.807, 2.05) is 13.8 Å². The summed E-state index contributed by atoms with van der Waals surface area (Å²) in [7, 11) is 0. The fraction of sp³-hybridized carbons (Fsp3) is 1.00. The van der Waals surface area contributed by atoms with Crippen molar-refractivity contribution in [3.8, 4) is 0 Å². The maximum atomic E-state index is 10.4. The van der Waals surface area contributed by atoms with Gasteiger partial charge < -0.3 is 0 Å². The van der Waals surface area contributed by atoms with Crippen molar-refractivity contribution >= 4 is 0 Å². The van der Waals surface area contributed by atoms with Gasteiger partial charge in [-0.3, -0.25) is 0 Å². The average molecular weight is 227 g/mol. The summed E-state index contributed by atoms with van der Waals surface area (Å²) in [4.78, 5) is 10.4. The highest BCUT2D eigenvalue weighted by Crippen LogP contribution is 2.19. The van der Waals surface area contributed by atoms with Crippen molar-refractivity contribution in [1.82, 2.24) is 0 Å². The van der Waals surface area contributed by atoms with E-state index in [1.54, 1.807) is 0 Å². The molecule has 0 amide bonds. The van der Waals surface area contributed by atoms with Crippen LogP contribution in [0.3, 0.4) is 0 Å². The van der Waals surface area contributed by atoms with Gasteiger partial charge in [0.15, 0.2) is 0 Å². The second-order valence-corrected chi connectivity index (χ2v) is 5.48. The van der Waals surface area contributed by atoms with Crippen molar-refractivity contribution in [2.45, 2.75) is 90.5 Å². The van der Waals surface area contributed by atoms with E-state index in [4.69, 9.17) is 0 Å². The Balaban J connectivity index is 3.13. The third-order valence-corrected chi connectivity index (χ3v) is 3.14. The van der Waals surface area contributed by atoms with E-state index in [2.05, 4.69) is 12.1 Å². The van der Waals surface area contributed by atoms with Crippen molar-refractivity contribution in [2.24, 2.45) is 5.18 Å². The zero-order chi connectivity index (χ0) is 12.3. The molecule has 0 heterocycles. The zero-order valence-corrected chi connectivity index (χ0v) is 11.4. The molecule has 16 heavy (non-hydrogen) atoms. The lowest BCUT2D eigenvalue weighted by molar-refractivity contribution is 0.440. The minimum atomic E-state index is -0.346. The summed E-state index contributed by atoms with van der Waals surface area (Å²) >= 11 is 0. The van der Waals surface area contributed by atoms with E-state index in [9.17, 15) is 4.91 Å². The van der Waals surface area contributed by atoms with E-state index in [0.29, 0.717) is 0 Å². The summed E-state index contributed by atoms with van der Waals surface area (Å²) in [6.45, 7) is 6.10. The molecule has 0 rings (SSSR count). The highest BCUT2D eigenvalue weighted by Gasteiger charge is 2.16. The van der Waals surface area contributed by atoms with Crippen molar-refractivity contribution < 1.29 is 0 Å². The molecule has 0 saturated carbocycles. The first kappa shape index (κ1) is 15.6. The van der Waals surface area contributed by atoms with Crippen LogP contribution in [0.15, 0.2) is 5.18 Å². The first-order chi connectivity index (χ1) is 7.62. The van der Waals surface area contributed by atoms with Gasteiger partial charge in [-0.15, -0.1) is 0 Å². The van der Waals surface area contributed by atoms with Gasteiger partial charge in [0, 0.05) is 0 Å². The number of rotatable bonds is 11. The van der Waals surface area contributed by atoms with Gasteiger partial charge in [0.2, 0.25) is 0 Å². The zero-order valence-electron chi connectivity index (χ0n) is 11.4. The third kappa shape index (κ3) is 10.1. The van der Waals surface area contributed by atoms with Crippen LogP contribution < -0.4 is 0 Å². The highest BCUT2D eigenvalue weighted by molar-refractivity contribution is 4.75. The molecule has 0 aliphatic rings. The molecule has 96 valence electrons. The molecule has 0 aromatic heterocycles. The van der Waals surface area contributed by atoms with Crippen LogP contribution >= 0.6 is 0 Å². The summed E-state index contributed by atoms with van der Waals surface area (Å²) in [6.07, 6.45) is 12.9. The van der Waals surface area contributed by atoms with Gasteiger partial charge in [-0.1, -0.05) is 69.9 Å². The van der Waals surface area contributed by atoms with Gasteiger partial charge >= 0.3 is 0 Å². The summed E-state index contributed by atoms with van der Waals surface area (Å²) in [5.74, 6) is 0. The van der Waals surface area contributed by atoms with Crippen LogP contribution in [0.2, 0.25) is 0 Å². The van der Waals surface area contributed by atoms with Gasteiger partial charge in [0.25, 0.3) is 0 Å². The first-order valence-electron chi connectivity index (χ1n) is 6.97. The summed E-state index contributed by atoms with van der Waals surface area (Å²) in [6, 6.07) is 0. The van der Waals surface area contributed by atoms with Gasteiger partial charge in [-0.25, -0.2) is 0 Å². The molecule has 0 saturated heterocycles. The standard InChI is InChI=1S/C14H29NO/c1-4-5-6-7-8-9-10-11-12-13-14(2,3)15-16/h4-13H2,1-3H3. The largest absolute Gasteiger partial charge is 0.150 e. The molecule has 0 N–H and O–H groups in total. The molecular formula is C14H29NO. The second kappa shape index (κ2) is 9.80. The fourth-order valence-electron chi connectivity index (χ4n) is 1.91. The second-order valence-electron chi connectivity index (χ2n) is 5.48. The van der Waals surface area contributed by atoms with Crippen LogP contribution in [0.25, 0.3) is 0 Å². The lowest BCUT2D eigenvalue weighted by Gasteiger charge is -2.14. The topological polar surface area (TPSA) is 29.4 Å². The maximum absolute atomic E-state index is 10.4. The van der Waals surface area contributed by atoms with Crippen LogP contribution in [0.5, 0.6) is 0 Å². The lowest BCUT2D eigenvalue weighted by Crippen LogP contribution is -2.14. The van der Waals surface area contributed by atoms with Gasteiger partial charge in [0.1, 0.15) is 0 Å². The molecule has 0 bridgehead atoms. The van der Waals surface area contributed by atoms with Crippen molar-refractivity contribution in [3.63, 3.8) is 0 Å². The van der Waals surface area contributed by atoms with Crippen LogP contribution in [-0.2, 0) is 0 Å². The number of hydrogen-bond acceptors (Lipinski definition) is 2. The first-order valence-corrected chi connectivity index (χ1v) is 6.97. The Labute approximate surface area is 101 Å². The quantitative estimate of drug-likeness (QED) is 0.341. The SMILES string of the molecule is CCCCCCCCCCCC(C)(C)N=O. The van der Waals surface area contributed by atoms with Crippen molar-refractivity contribution in [2.75, 3.05) is 0 Å². The number of hydrogen-bond donors (Lipinski definition) is 0. The molecule has 0 radical (unpaired) electrons. The molecular weight excluding hydrogens is 198 g/mol. The molecule has 0 fully saturated rings. The monoisotopic (exact) mass is 227 g/mol. The van der Waals surface area contributed by atoms with Gasteiger partial charge in [0.05, 0.1) is 5.54 Å². The summed E-state index contributed by atoms with van der Waals surface area (Å²) < 4.78 is 0. The lowest BCUT2D eigenvalue weighted by atomic mass is 9.97. The summed E-state index contributed by atoms with van der Waals surface area (Å²) in [5, 5.41) is 3.14. The Morgan fingerprint density at radius 3 is 1.69 bits per heavy atom. The maximum Gasteiger partial charge on any atom is 0.0970 e. The molecule has 0 aromatic rings. The predicted octanol–water partition coefficient (Wildman–Crippen LogP) is 5.45. The van der Waals surface area contributed by atoms with Crippen LogP contribution in [0, 0.1) is 4.91 Å². The van der Waals surface area contributed by atoms with Crippen LogP contribution in [0.1, 0.15) is 85.0 Å². The highest BCUT2D eigenvalue weighted by atomic mass is 16.3. The smallest absolute Gasteiger partial charge is 0.0970 e. The number of unbranched alkanes of at least 4 members (excludes halogenated alkanes) is 8. The van der Waals surface area contributed by atoms with E-state index < -0.39 is 0 Å². The number of nitroso groups, excluding NO2 is 1. The molecule has 0 unspecified atom stereocenters. The normalized spacial score (nSPS) is 11.7. The Hall–Kier alpha value is -0.400. The molecule has 0 spiro atoms. The van der Waals surface area contributed by atoms with Crippen molar-refractivity contribution in [3.05, 3.63) is 4.91 Å². The van der Waals surface area contributed by atoms with Gasteiger partial charge in [-0.05, 0) is 20.3 Å². The molecule has 0 aliphatic carbocycles. The average Bonchev–Trinajstić information content (AvgIpc) is 2.27. The molecule has 2 nitrogen and oxygen atoms in total. The minimum Gasteiger partial charge on any atom is -0.150 e. The molecule has 0 aliphatic heterocycles. The molecule has 2 heteroatoms. The summed E-state index contributed by atoms with van der Waals surface area (Å²) in [5.41, 5.74) is -0.346. The Morgan fingerprint density at radius 1 is 0.812 bits per heavy atom. The minimum absolute atomic E-state index is 0.346.